The molecule has 1 aliphatic heterocycles. The van der Waals surface area contributed by atoms with Crippen LogP contribution in [0.25, 0.3) is 0 Å². The Morgan fingerprint density at radius 3 is 2.38 bits per heavy atom. The lowest BCUT2D eigenvalue weighted by Crippen LogP contribution is -2.49. The van der Waals surface area contributed by atoms with Gasteiger partial charge in [0.2, 0.25) is 0 Å². The van der Waals surface area contributed by atoms with E-state index in [1.807, 2.05) is 19.1 Å². The molecule has 1 amide bonds. The third kappa shape index (κ3) is 4.63. The molecule has 0 unspecified atom stereocenters. The highest BCUT2D eigenvalue weighted by Crippen LogP contribution is 2.12. The fourth-order valence-electron chi connectivity index (χ4n) is 2.45. The van der Waals surface area contributed by atoms with Gasteiger partial charge in [-0.3, -0.25) is 4.90 Å². The Bertz CT molecular complexity index is 439. The number of nitrogens with zero attached hydrogens (tertiary/aromatic N) is 2. The molecule has 0 bridgehead atoms. The number of benzene rings is 1. The summed E-state index contributed by atoms with van der Waals surface area (Å²) >= 11 is 0. The minimum absolute atomic E-state index is 0.188. The summed E-state index contributed by atoms with van der Waals surface area (Å²) in [7, 11) is 1.68. The third-order valence-electron chi connectivity index (χ3n) is 3.77. The van der Waals surface area contributed by atoms with Crippen molar-refractivity contribution < 1.29 is 14.3 Å². The standard InChI is InChI=1S/C16H24N2O3/c1-3-21-16(19)18-12-10-17(11-13-18)9-8-14-4-6-15(20-2)7-5-14/h4-7H,3,8-13H2,1-2H3. The molecule has 1 aromatic carbocycles. The van der Waals surface area contributed by atoms with E-state index in [-0.39, 0.29) is 6.09 Å². The molecular formula is C16H24N2O3. The van der Waals surface area contributed by atoms with Gasteiger partial charge in [-0.25, -0.2) is 4.79 Å². The number of amides is 1. The van der Waals surface area contributed by atoms with Crippen LogP contribution in [0.4, 0.5) is 4.79 Å². The summed E-state index contributed by atoms with van der Waals surface area (Å²) in [6.07, 6.45) is 0.830. The lowest BCUT2D eigenvalue weighted by molar-refractivity contribution is 0.0799. The van der Waals surface area contributed by atoms with Crippen molar-refractivity contribution in [2.75, 3.05) is 46.4 Å². The van der Waals surface area contributed by atoms with Crippen LogP contribution in [0, 0.1) is 0 Å². The molecule has 1 aliphatic rings. The van der Waals surface area contributed by atoms with Gasteiger partial charge in [0.1, 0.15) is 5.75 Å². The summed E-state index contributed by atoms with van der Waals surface area (Å²) in [5.41, 5.74) is 1.31. The number of rotatable bonds is 5. The van der Waals surface area contributed by atoms with Gasteiger partial charge in [0.25, 0.3) is 0 Å². The summed E-state index contributed by atoms with van der Waals surface area (Å²) in [5.74, 6) is 0.891. The molecule has 0 N–H and O–H groups in total. The van der Waals surface area contributed by atoms with Crippen LogP contribution in [-0.4, -0.2) is 62.3 Å². The molecule has 1 aromatic rings. The van der Waals surface area contributed by atoms with Crippen LogP contribution >= 0.6 is 0 Å². The van der Waals surface area contributed by atoms with Gasteiger partial charge in [-0.2, -0.15) is 0 Å². The third-order valence-corrected chi connectivity index (χ3v) is 3.77. The molecule has 1 heterocycles. The first-order valence-electron chi connectivity index (χ1n) is 7.50. The van der Waals surface area contributed by atoms with E-state index in [1.54, 1.807) is 12.0 Å². The highest BCUT2D eigenvalue weighted by atomic mass is 16.6. The zero-order chi connectivity index (χ0) is 15.1. The van der Waals surface area contributed by atoms with E-state index >= 15 is 0 Å². The van der Waals surface area contributed by atoms with E-state index in [4.69, 9.17) is 9.47 Å². The van der Waals surface area contributed by atoms with E-state index in [0.29, 0.717) is 6.61 Å². The lowest BCUT2D eigenvalue weighted by atomic mass is 10.1. The van der Waals surface area contributed by atoms with Crippen molar-refractivity contribution in [2.45, 2.75) is 13.3 Å². The summed E-state index contributed by atoms with van der Waals surface area (Å²) in [4.78, 5) is 15.8. The van der Waals surface area contributed by atoms with E-state index in [2.05, 4.69) is 17.0 Å². The number of carbonyl (C=O) groups excluding carboxylic acids is 1. The monoisotopic (exact) mass is 292 g/mol. The average molecular weight is 292 g/mol. The predicted molar refractivity (Wildman–Crippen MR) is 81.7 cm³/mol. The molecule has 116 valence electrons. The summed E-state index contributed by atoms with van der Waals surface area (Å²) in [6, 6.07) is 8.20. The maximum atomic E-state index is 11.6. The highest BCUT2D eigenvalue weighted by molar-refractivity contribution is 5.67. The van der Waals surface area contributed by atoms with Gasteiger partial charge in [0, 0.05) is 32.7 Å². The Hall–Kier alpha value is -1.75. The van der Waals surface area contributed by atoms with Gasteiger partial charge in [0.15, 0.2) is 0 Å². The van der Waals surface area contributed by atoms with Crippen molar-refractivity contribution in [1.29, 1.82) is 0 Å². The topological polar surface area (TPSA) is 42.0 Å². The normalized spacial score (nSPS) is 15.8. The zero-order valence-electron chi connectivity index (χ0n) is 12.9. The number of ether oxygens (including phenoxy) is 2. The second-order valence-electron chi connectivity index (χ2n) is 5.13. The SMILES string of the molecule is CCOC(=O)N1CCN(CCc2ccc(OC)cc2)CC1. The summed E-state index contributed by atoms with van der Waals surface area (Å²) < 4.78 is 10.2. The molecule has 0 spiro atoms. The number of methoxy groups -OCH3 is 1. The maximum absolute atomic E-state index is 11.6. The Morgan fingerprint density at radius 2 is 1.81 bits per heavy atom. The van der Waals surface area contributed by atoms with E-state index < -0.39 is 0 Å². The number of hydrogen-bond acceptors (Lipinski definition) is 4. The number of hydrogen-bond donors (Lipinski definition) is 0. The molecule has 0 radical (unpaired) electrons. The van der Waals surface area contributed by atoms with Gasteiger partial charge in [-0.05, 0) is 31.0 Å². The fraction of sp³-hybridized carbons (Fsp3) is 0.562. The first-order valence-corrected chi connectivity index (χ1v) is 7.50. The molecule has 0 aromatic heterocycles. The molecule has 1 fully saturated rings. The van der Waals surface area contributed by atoms with Gasteiger partial charge < -0.3 is 14.4 Å². The molecule has 1 saturated heterocycles. The van der Waals surface area contributed by atoms with Crippen molar-refractivity contribution in [3.8, 4) is 5.75 Å². The second-order valence-corrected chi connectivity index (χ2v) is 5.13. The smallest absolute Gasteiger partial charge is 0.409 e. The molecule has 21 heavy (non-hydrogen) atoms. The Kier molecular flexibility index (Phi) is 5.87. The van der Waals surface area contributed by atoms with E-state index in [0.717, 1.165) is 44.9 Å². The van der Waals surface area contributed by atoms with Crippen LogP contribution in [0.15, 0.2) is 24.3 Å². The van der Waals surface area contributed by atoms with E-state index in [1.165, 1.54) is 5.56 Å². The van der Waals surface area contributed by atoms with Crippen molar-refractivity contribution >= 4 is 6.09 Å². The van der Waals surface area contributed by atoms with Crippen molar-refractivity contribution in [3.63, 3.8) is 0 Å². The first-order chi connectivity index (χ1) is 10.2. The molecule has 2 rings (SSSR count). The highest BCUT2D eigenvalue weighted by Gasteiger charge is 2.21. The zero-order valence-corrected chi connectivity index (χ0v) is 12.9. The van der Waals surface area contributed by atoms with Crippen molar-refractivity contribution in [2.24, 2.45) is 0 Å². The fourth-order valence-corrected chi connectivity index (χ4v) is 2.45. The Balaban J connectivity index is 1.72. The van der Waals surface area contributed by atoms with Crippen LogP contribution < -0.4 is 4.74 Å². The van der Waals surface area contributed by atoms with Gasteiger partial charge in [0.05, 0.1) is 13.7 Å². The predicted octanol–water partition coefficient (Wildman–Crippen LogP) is 2.01. The molecule has 0 saturated carbocycles. The Morgan fingerprint density at radius 1 is 1.14 bits per heavy atom. The molecule has 0 atom stereocenters. The van der Waals surface area contributed by atoms with Crippen LogP contribution in [0.5, 0.6) is 5.75 Å². The van der Waals surface area contributed by atoms with Crippen LogP contribution in [0.2, 0.25) is 0 Å². The number of carbonyl (C=O) groups is 1. The van der Waals surface area contributed by atoms with Crippen LogP contribution in [0.1, 0.15) is 12.5 Å². The molecular weight excluding hydrogens is 268 g/mol. The van der Waals surface area contributed by atoms with Crippen LogP contribution in [-0.2, 0) is 11.2 Å². The second kappa shape index (κ2) is 7.88. The minimum Gasteiger partial charge on any atom is -0.497 e. The van der Waals surface area contributed by atoms with Crippen molar-refractivity contribution in [3.05, 3.63) is 29.8 Å². The quantitative estimate of drug-likeness (QED) is 0.832. The first kappa shape index (κ1) is 15.6. The average Bonchev–Trinajstić information content (AvgIpc) is 2.54. The van der Waals surface area contributed by atoms with Crippen molar-refractivity contribution in [1.82, 2.24) is 9.80 Å². The summed E-state index contributed by atoms with van der Waals surface area (Å²) in [5, 5.41) is 0. The van der Waals surface area contributed by atoms with Gasteiger partial charge in [-0.1, -0.05) is 12.1 Å². The van der Waals surface area contributed by atoms with Gasteiger partial charge >= 0.3 is 6.09 Å². The summed E-state index contributed by atoms with van der Waals surface area (Å²) in [6.45, 7) is 6.62. The van der Waals surface area contributed by atoms with Crippen LogP contribution in [0.3, 0.4) is 0 Å². The largest absolute Gasteiger partial charge is 0.497 e. The van der Waals surface area contributed by atoms with E-state index in [9.17, 15) is 4.79 Å². The molecule has 5 nitrogen and oxygen atoms in total. The van der Waals surface area contributed by atoms with Gasteiger partial charge in [-0.15, -0.1) is 0 Å². The molecule has 0 aliphatic carbocycles. The minimum atomic E-state index is -0.188. The maximum Gasteiger partial charge on any atom is 0.409 e. The number of piperazine rings is 1. The Labute approximate surface area is 126 Å². The molecule has 5 heteroatoms. The lowest BCUT2D eigenvalue weighted by Gasteiger charge is -2.34.